The van der Waals surface area contributed by atoms with Crippen molar-refractivity contribution >= 4 is 23.5 Å². The fourth-order valence-electron chi connectivity index (χ4n) is 2.31. The van der Waals surface area contributed by atoms with E-state index in [-0.39, 0.29) is 24.9 Å². The van der Waals surface area contributed by atoms with E-state index in [2.05, 4.69) is 10.1 Å². The van der Waals surface area contributed by atoms with Crippen LogP contribution >= 0.6 is 11.6 Å². The van der Waals surface area contributed by atoms with Crippen LogP contribution in [-0.2, 0) is 16.0 Å². The third kappa shape index (κ3) is 5.56. The lowest BCUT2D eigenvalue weighted by atomic mass is 10.2. The van der Waals surface area contributed by atoms with Crippen LogP contribution < -0.4 is 0 Å². The van der Waals surface area contributed by atoms with Gasteiger partial charge in [-0.15, -0.1) is 0 Å². The van der Waals surface area contributed by atoms with E-state index in [1.54, 1.807) is 38.1 Å². The standard InChI is InChI=1S/C17H20ClN3O4/c1-11(2)21(10-16(23)24)15(22)5-3-4-14-19-17(20-25-14)12-6-8-13(18)9-7-12/h6-9,11H,3-5,10H2,1-2H3,(H,23,24). The van der Waals surface area contributed by atoms with E-state index >= 15 is 0 Å². The number of rotatable bonds is 8. The number of carbonyl (C=O) groups is 2. The summed E-state index contributed by atoms with van der Waals surface area (Å²) in [5.74, 6) is -0.318. The highest BCUT2D eigenvalue weighted by Gasteiger charge is 2.19. The number of carbonyl (C=O) groups excluding carboxylic acids is 1. The normalized spacial score (nSPS) is 10.9. The summed E-state index contributed by atoms with van der Waals surface area (Å²) in [5.41, 5.74) is 0.794. The molecule has 0 aliphatic heterocycles. The Morgan fingerprint density at radius 1 is 1.28 bits per heavy atom. The number of halogens is 1. The van der Waals surface area contributed by atoms with Crippen molar-refractivity contribution in [3.8, 4) is 11.4 Å². The molecular weight excluding hydrogens is 346 g/mol. The maximum Gasteiger partial charge on any atom is 0.323 e. The molecule has 25 heavy (non-hydrogen) atoms. The first-order valence-corrected chi connectivity index (χ1v) is 8.34. The van der Waals surface area contributed by atoms with Crippen LogP contribution in [0.4, 0.5) is 0 Å². The van der Waals surface area contributed by atoms with Crippen molar-refractivity contribution in [3.05, 3.63) is 35.2 Å². The number of aliphatic carboxylic acids is 1. The fourth-order valence-corrected chi connectivity index (χ4v) is 2.44. The number of aromatic nitrogens is 2. The minimum Gasteiger partial charge on any atom is -0.480 e. The predicted octanol–water partition coefficient (Wildman–Crippen LogP) is 3.03. The van der Waals surface area contributed by atoms with Gasteiger partial charge in [-0.05, 0) is 44.5 Å². The van der Waals surface area contributed by atoms with E-state index in [0.29, 0.717) is 29.6 Å². The molecule has 1 N–H and O–H groups in total. The topological polar surface area (TPSA) is 96.5 Å². The second kappa shape index (κ2) is 8.62. The Morgan fingerprint density at radius 2 is 1.96 bits per heavy atom. The van der Waals surface area contributed by atoms with E-state index in [4.69, 9.17) is 21.2 Å². The first-order chi connectivity index (χ1) is 11.9. The lowest BCUT2D eigenvalue weighted by Crippen LogP contribution is -2.40. The summed E-state index contributed by atoms with van der Waals surface area (Å²) < 4.78 is 5.19. The Hall–Kier alpha value is -2.41. The summed E-state index contributed by atoms with van der Waals surface area (Å²) in [6.45, 7) is 3.28. The molecule has 2 aromatic rings. The largest absolute Gasteiger partial charge is 0.480 e. The van der Waals surface area contributed by atoms with Crippen molar-refractivity contribution in [2.75, 3.05) is 6.54 Å². The molecule has 0 unspecified atom stereocenters. The van der Waals surface area contributed by atoms with E-state index in [1.165, 1.54) is 4.90 Å². The maximum atomic E-state index is 12.2. The van der Waals surface area contributed by atoms with Gasteiger partial charge in [-0.25, -0.2) is 0 Å². The van der Waals surface area contributed by atoms with Crippen molar-refractivity contribution in [1.82, 2.24) is 15.0 Å². The monoisotopic (exact) mass is 365 g/mol. The molecule has 134 valence electrons. The van der Waals surface area contributed by atoms with Gasteiger partial charge in [0.05, 0.1) is 0 Å². The van der Waals surface area contributed by atoms with Crippen LogP contribution in [0.25, 0.3) is 11.4 Å². The van der Waals surface area contributed by atoms with Crippen molar-refractivity contribution < 1.29 is 19.2 Å². The molecule has 0 atom stereocenters. The maximum absolute atomic E-state index is 12.2. The third-order valence-electron chi connectivity index (χ3n) is 3.60. The SMILES string of the molecule is CC(C)N(CC(=O)O)C(=O)CCCc1nc(-c2ccc(Cl)cc2)no1. The van der Waals surface area contributed by atoms with Gasteiger partial charge in [0.25, 0.3) is 0 Å². The quantitative estimate of drug-likeness (QED) is 0.772. The van der Waals surface area contributed by atoms with Gasteiger partial charge in [0, 0.05) is 29.5 Å². The minimum atomic E-state index is -1.02. The van der Waals surface area contributed by atoms with Crippen LogP contribution in [0, 0.1) is 0 Å². The summed E-state index contributed by atoms with van der Waals surface area (Å²) in [5, 5.41) is 13.4. The Morgan fingerprint density at radius 3 is 2.56 bits per heavy atom. The number of aryl methyl sites for hydroxylation is 1. The summed E-state index contributed by atoms with van der Waals surface area (Å²) in [4.78, 5) is 28.6. The van der Waals surface area contributed by atoms with Gasteiger partial charge in [-0.2, -0.15) is 4.98 Å². The van der Waals surface area contributed by atoms with Crippen molar-refractivity contribution in [2.24, 2.45) is 0 Å². The second-order valence-electron chi connectivity index (χ2n) is 5.88. The van der Waals surface area contributed by atoms with Gasteiger partial charge in [-0.3, -0.25) is 9.59 Å². The number of benzene rings is 1. The molecule has 7 nitrogen and oxygen atoms in total. The highest BCUT2D eigenvalue weighted by molar-refractivity contribution is 6.30. The average Bonchev–Trinajstić information content (AvgIpc) is 3.01. The van der Waals surface area contributed by atoms with Crippen LogP contribution in [0.2, 0.25) is 5.02 Å². The molecule has 0 fully saturated rings. The zero-order chi connectivity index (χ0) is 18.4. The highest BCUT2D eigenvalue weighted by Crippen LogP contribution is 2.19. The van der Waals surface area contributed by atoms with Crippen molar-refractivity contribution in [2.45, 2.75) is 39.2 Å². The number of hydrogen-bond donors (Lipinski definition) is 1. The molecule has 0 spiro atoms. The molecule has 8 heteroatoms. The lowest BCUT2D eigenvalue weighted by molar-refractivity contribution is -0.145. The van der Waals surface area contributed by atoms with Gasteiger partial charge < -0.3 is 14.5 Å². The van der Waals surface area contributed by atoms with E-state index in [0.717, 1.165) is 5.56 Å². The fraction of sp³-hybridized carbons (Fsp3) is 0.412. The number of carboxylic acid groups (broad SMARTS) is 1. The van der Waals surface area contributed by atoms with Gasteiger partial charge in [0.1, 0.15) is 6.54 Å². The first-order valence-electron chi connectivity index (χ1n) is 7.96. The van der Waals surface area contributed by atoms with Crippen LogP contribution in [0.5, 0.6) is 0 Å². The number of carboxylic acids is 1. The lowest BCUT2D eigenvalue weighted by Gasteiger charge is -2.24. The summed E-state index contributed by atoms with van der Waals surface area (Å²) >= 11 is 5.84. The molecule has 2 rings (SSSR count). The Labute approximate surface area is 150 Å². The third-order valence-corrected chi connectivity index (χ3v) is 3.85. The predicted molar refractivity (Wildman–Crippen MR) is 92.2 cm³/mol. The first kappa shape index (κ1) is 18.9. The van der Waals surface area contributed by atoms with Gasteiger partial charge in [0.15, 0.2) is 0 Å². The van der Waals surface area contributed by atoms with Crippen LogP contribution in [0.1, 0.15) is 32.6 Å². The highest BCUT2D eigenvalue weighted by atomic mass is 35.5. The number of nitrogens with zero attached hydrogens (tertiary/aromatic N) is 3. The van der Waals surface area contributed by atoms with Gasteiger partial charge in [0.2, 0.25) is 17.6 Å². The van der Waals surface area contributed by atoms with Crippen LogP contribution in [0.15, 0.2) is 28.8 Å². The molecule has 0 bridgehead atoms. The Kier molecular flexibility index (Phi) is 6.52. The zero-order valence-electron chi connectivity index (χ0n) is 14.1. The minimum absolute atomic E-state index is 0.163. The van der Waals surface area contributed by atoms with Crippen molar-refractivity contribution in [1.29, 1.82) is 0 Å². The second-order valence-corrected chi connectivity index (χ2v) is 6.32. The molecule has 1 amide bonds. The molecule has 0 aliphatic rings. The van der Waals surface area contributed by atoms with Gasteiger partial charge in [-0.1, -0.05) is 16.8 Å². The van der Waals surface area contributed by atoms with E-state index in [1.807, 2.05) is 0 Å². The van der Waals surface area contributed by atoms with Crippen LogP contribution in [0.3, 0.4) is 0 Å². The van der Waals surface area contributed by atoms with Gasteiger partial charge >= 0.3 is 5.97 Å². The summed E-state index contributed by atoms with van der Waals surface area (Å²) in [6.07, 6.45) is 1.18. The molecule has 0 radical (unpaired) electrons. The molecule has 1 heterocycles. The zero-order valence-corrected chi connectivity index (χ0v) is 14.9. The molecule has 0 saturated carbocycles. The van der Waals surface area contributed by atoms with Crippen LogP contribution in [-0.4, -0.2) is 44.6 Å². The molecular formula is C17H20ClN3O4. The Balaban J connectivity index is 1.88. The summed E-state index contributed by atoms with van der Waals surface area (Å²) in [7, 11) is 0. The molecule has 0 aliphatic carbocycles. The number of hydrogen-bond acceptors (Lipinski definition) is 5. The molecule has 1 aromatic carbocycles. The van der Waals surface area contributed by atoms with Crippen molar-refractivity contribution in [3.63, 3.8) is 0 Å². The Bertz CT molecular complexity index is 728. The van der Waals surface area contributed by atoms with E-state index in [9.17, 15) is 9.59 Å². The smallest absolute Gasteiger partial charge is 0.323 e. The summed E-state index contributed by atoms with van der Waals surface area (Å²) in [6, 6.07) is 6.92. The average molecular weight is 366 g/mol. The molecule has 0 saturated heterocycles. The van der Waals surface area contributed by atoms with E-state index < -0.39 is 5.97 Å². The molecule has 1 aromatic heterocycles. The number of amides is 1.